The topological polar surface area (TPSA) is 80.3 Å². The third-order valence-electron chi connectivity index (χ3n) is 2.82. The standard InChI is InChI=1S/2C8H16O2.Mg/c2*1-7(2)5-3-4-6-8(9)10;/h2*7H,3-6H2,1-2H3,(H,9,10);/q;;+2/p-2. The van der Waals surface area contributed by atoms with Gasteiger partial charge < -0.3 is 19.8 Å². The number of hydrogen-bond acceptors (Lipinski definition) is 4. The van der Waals surface area contributed by atoms with Crippen molar-refractivity contribution in [3.63, 3.8) is 0 Å². The fourth-order valence-electron chi connectivity index (χ4n) is 1.64. The Hall–Kier alpha value is -0.294. The Morgan fingerprint density at radius 3 is 1.19 bits per heavy atom. The molecule has 21 heavy (non-hydrogen) atoms. The summed E-state index contributed by atoms with van der Waals surface area (Å²) in [7, 11) is 0. The zero-order valence-corrected chi connectivity index (χ0v) is 15.6. The second-order valence-electron chi connectivity index (χ2n) is 6.02. The van der Waals surface area contributed by atoms with Gasteiger partial charge in [-0.25, -0.2) is 0 Å². The maximum absolute atomic E-state index is 9.93. The molecule has 0 aromatic rings. The summed E-state index contributed by atoms with van der Waals surface area (Å²) in [6.07, 6.45) is 6.21. The van der Waals surface area contributed by atoms with Crippen molar-refractivity contribution in [3.05, 3.63) is 0 Å². The van der Waals surface area contributed by atoms with Crippen LogP contribution in [-0.4, -0.2) is 35.0 Å². The minimum Gasteiger partial charge on any atom is -0.550 e. The molecule has 0 heterocycles. The molecule has 5 heteroatoms. The van der Waals surface area contributed by atoms with Crippen LogP contribution in [0.1, 0.15) is 79.1 Å². The summed E-state index contributed by atoms with van der Waals surface area (Å²) in [4.78, 5) is 19.9. The minimum atomic E-state index is -0.927. The van der Waals surface area contributed by atoms with E-state index in [2.05, 4.69) is 27.7 Å². The molecule has 120 valence electrons. The van der Waals surface area contributed by atoms with Gasteiger partial charge in [-0.15, -0.1) is 0 Å². The first-order chi connectivity index (χ1) is 9.25. The molecule has 0 atom stereocenters. The Kier molecular flexibility index (Phi) is 21.7. The van der Waals surface area contributed by atoms with E-state index in [9.17, 15) is 19.8 Å². The normalized spacial score (nSPS) is 9.81. The zero-order valence-electron chi connectivity index (χ0n) is 14.2. The Balaban J connectivity index is -0.000000295. The van der Waals surface area contributed by atoms with Crippen LogP contribution in [0.4, 0.5) is 0 Å². The molecule has 0 aromatic heterocycles. The predicted molar refractivity (Wildman–Crippen MR) is 82.4 cm³/mol. The predicted octanol–water partition coefficient (Wildman–Crippen LogP) is 1.52. The number of carboxylic acid groups (broad SMARTS) is 2. The first kappa shape index (κ1) is 25.6. The largest absolute Gasteiger partial charge is 2.00 e. The van der Waals surface area contributed by atoms with E-state index in [1.165, 1.54) is 0 Å². The van der Waals surface area contributed by atoms with Crippen molar-refractivity contribution in [2.45, 2.75) is 79.1 Å². The van der Waals surface area contributed by atoms with Crippen LogP contribution in [0.15, 0.2) is 0 Å². The average molecular weight is 311 g/mol. The first-order valence-corrected chi connectivity index (χ1v) is 7.65. The van der Waals surface area contributed by atoms with E-state index in [0.29, 0.717) is 11.8 Å². The van der Waals surface area contributed by atoms with Crippen molar-refractivity contribution >= 4 is 35.0 Å². The van der Waals surface area contributed by atoms with Gasteiger partial charge in [0.05, 0.1) is 0 Å². The van der Waals surface area contributed by atoms with Crippen molar-refractivity contribution in [3.8, 4) is 0 Å². The van der Waals surface area contributed by atoms with Gasteiger partial charge in [-0.2, -0.15) is 0 Å². The number of carbonyl (C=O) groups excluding carboxylic acids is 2. The smallest absolute Gasteiger partial charge is 0.550 e. The summed E-state index contributed by atoms with van der Waals surface area (Å²) >= 11 is 0. The number of carboxylic acids is 2. The van der Waals surface area contributed by atoms with Crippen LogP contribution in [0.5, 0.6) is 0 Å². The summed E-state index contributed by atoms with van der Waals surface area (Å²) in [5, 5.41) is 19.9. The Labute approximate surface area is 145 Å². The fraction of sp³-hybridized carbons (Fsp3) is 0.875. The summed E-state index contributed by atoms with van der Waals surface area (Å²) in [6, 6.07) is 0. The number of unbranched alkanes of at least 4 members (excludes halogenated alkanes) is 2. The van der Waals surface area contributed by atoms with Gasteiger partial charge in [0.1, 0.15) is 0 Å². The molecule has 0 rings (SSSR count). The van der Waals surface area contributed by atoms with Crippen LogP contribution in [0.25, 0.3) is 0 Å². The van der Waals surface area contributed by atoms with E-state index < -0.39 is 11.9 Å². The molecule has 0 amide bonds. The molecule has 0 saturated heterocycles. The van der Waals surface area contributed by atoms with E-state index in [1.807, 2.05) is 0 Å². The van der Waals surface area contributed by atoms with Gasteiger partial charge in [-0.05, 0) is 37.5 Å². The molecule has 4 nitrogen and oxygen atoms in total. The van der Waals surface area contributed by atoms with E-state index in [0.717, 1.165) is 38.5 Å². The average Bonchev–Trinajstić information content (AvgIpc) is 2.30. The third-order valence-corrected chi connectivity index (χ3v) is 2.82. The van der Waals surface area contributed by atoms with Crippen molar-refractivity contribution in [1.29, 1.82) is 0 Å². The second-order valence-corrected chi connectivity index (χ2v) is 6.02. The molecule has 0 aromatic carbocycles. The maximum Gasteiger partial charge on any atom is 2.00 e. The van der Waals surface area contributed by atoms with Crippen molar-refractivity contribution in [2.75, 3.05) is 0 Å². The van der Waals surface area contributed by atoms with E-state index >= 15 is 0 Å². The zero-order chi connectivity index (χ0) is 16.0. The molecule has 0 aliphatic heterocycles. The van der Waals surface area contributed by atoms with Crippen molar-refractivity contribution in [2.24, 2.45) is 11.8 Å². The molecule has 0 aliphatic rings. The van der Waals surface area contributed by atoms with Crippen LogP contribution in [-0.2, 0) is 9.59 Å². The summed E-state index contributed by atoms with van der Waals surface area (Å²) in [5.41, 5.74) is 0. The number of carbonyl (C=O) groups is 2. The molecule has 0 saturated carbocycles. The van der Waals surface area contributed by atoms with E-state index in [-0.39, 0.29) is 35.9 Å². The third kappa shape index (κ3) is 32.9. The van der Waals surface area contributed by atoms with Crippen LogP contribution in [0.2, 0.25) is 0 Å². The van der Waals surface area contributed by atoms with Crippen LogP contribution >= 0.6 is 0 Å². The molecule has 0 radical (unpaired) electrons. The number of hydrogen-bond donors (Lipinski definition) is 0. The Bertz CT molecular complexity index is 227. The summed E-state index contributed by atoms with van der Waals surface area (Å²) < 4.78 is 0. The van der Waals surface area contributed by atoms with Gasteiger partial charge in [0.15, 0.2) is 0 Å². The molecule has 0 spiro atoms. The number of rotatable bonds is 10. The molecule has 0 bridgehead atoms. The number of aliphatic carboxylic acids is 2. The van der Waals surface area contributed by atoms with Crippen LogP contribution < -0.4 is 10.2 Å². The SMILES string of the molecule is CC(C)CCCCC(=O)[O-].CC(C)CCCCC(=O)[O-].[Mg+2]. The minimum absolute atomic E-state index is 0. The van der Waals surface area contributed by atoms with E-state index in [1.54, 1.807) is 0 Å². The second kappa shape index (κ2) is 17.8. The van der Waals surface area contributed by atoms with Gasteiger partial charge in [0.2, 0.25) is 0 Å². The van der Waals surface area contributed by atoms with Gasteiger partial charge in [-0.3, -0.25) is 0 Å². The molecular weight excluding hydrogens is 280 g/mol. The maximum atomic E-state index is 9.93. The molecule has 0 fully saturated rings. The molecule has 0 unspecified atom stereocenters. The Morgan fingerprint density at radius 2 is 1.00 bits per heavy atom. The Morgan fingerprint density at radius 1 is 0.714 bits per heavy atom. The van der Waals surface area contributed by atoms with Crippen molar-refractivity contribution < 1.29 is 19.8 Å². The van der Waals surface area contributed by atoms with Gasteiger partial charge in [0, 0.05) is 11.9 Å². The van der Waals surface area contributed by atoms with Crippen LogP contribution in [0, 0.1) is 11.8 Å². The fourth-order valence-corrected chi connectivity index (χ4v) is 1.64. The van der Waals surface area contributed by atoms with Crippen LogP contribution in [0.3, 0.4) is 0 Å². The summed E-state index contributed by atoms with van der Waals surface area (Å²) in [6.45, 7) is 8.55. The quantitative estimate of drug-likeness (QED) is 0.452. The van der Waals surface area contributed by atoms with Gasteiger partial charge in [-0.1, -0.05) is 53.4 Å². The van der Waals surface area contributed by atoms with Crippen molar-refractivity contribution in [1.82, 2.24) is 0 Å². The molecule has 0 N–H and O–H groups in total. The molecular formula is C16H30MgO4. The van der Waals surface area contributed by atoms with Gasteiger partial charge >= 0.3 is 23.1 Å². The molecule has 0 aliphatic carbocycles. The monoisotopic (exact) mass is 310 g/mol. The first-order valence-electron chi connectivity index (χ1n) is 7.65. The van der Waals surface area contributed by atoms with Gasteiger partial charge in [0.25, 0.3) is 0 Å². The summed E-state index contributed by atoms with van der Waals surface area (Å²) in [5.74, 6) is -0.490. The van der Waals surface area contributed by atoms with E-state index in [4.69, 9.17) is 0 Å².